The summed E-state index contributed by atoms with van der Waals surface area (Å²) in [6, 6.07) is 0.834. The molecule has 0 amide bonds. The van der Waals surface area contributed by atoms with Gasteiger partial charge in [0.1, 0.15) is 4.21 Å². The molecule has 2 N–H and O–H groups in total. The Labute approximate surface area is 115 Å². The fraction of sp³-hybridized carbons (Fsp3) is 0.545. The summed E-state index contributed by atoms with van der Waals surface area (Å²) in [6.07, 6.45) is 1.64. The number of hydrogen-bond acceptors (Lipinski definition) is 5. The van der Waals surface area contributed by atoms with E-state index in [9.17, 15) is 13.2 Å². The van der Waals surface area contributed by atoms with Crippen LogP contribution in [0.4, 0.5) is 0 Å². The van der Waals surface area contributed by atoms with Gasteiger partial charge in [-0.1, -0.05) is 0 Å². The summed E-state index contributed by atoms with van der Waals surface area (Å²) in [5, 5.41) is 10.1. The molecule has 0 saturated carbocycles. The van der Waals surface area contributed by atoms with Gasteiger partial charge in [0.25, 0.3) is 0 Å². The average Bonchev–Trinajstić information content (AvgIpc) is 3.00. The molecule has 2 atom stereocenters. The van der Waals surface area contributed by atoms with Crippen molar-refractivity contribution in [2.24, 2.45) is 0 Å². The second kappa shape index (κ2) is 5.58. The summed E-state index contributed by atoms with van der Waals surface area (Å²) in [4.78, 5) is 10.7. The third-order valence-electron chi connectivity index (χ3n) is 2.95. The molecular formula is C11H15NO5S2. The Balaban J connectivity index is 2.10. The highest BCUT2D eigenvalue weighted by Gasteiger charge is 2.28. The molecule has 1 aromatic heterocycles. The molecule has 0 aromatic carbocycles. The highest BCUT2D eigenvalue weighted by Crippen LogP contribution is 2.22. The second-order valence-corrected chi connectivity index (χ2v) is 7.27. The largest absolute Gasteiger partial charge is 0.478 e. The third-order valence-corrected chi connectivity index (χ3v) is 5.95. The van der Waals surface area contributed by atoms with Crippen LogP contribution in [-0.4, -0.2) is 38.2 Å². The molecule has 1 aliphatic heterocycles. The van der Waals surface area contributed by atoms with Gasteiger partial charge in [-0.25, -0.2) is 17.9 Å². The summed E-state index contributed by atoms with van der Waals surface area (Å²) < 4.78 is 32.1. The Hall–Kier alpha value is -0.960. The van der Waals surface area contributed by atoms with E-state index in [1.54, 1.807) is 6.92 Å². The predicted molar refractivity (Wildman–Crippen MR) is 70.0 cm³/mol. The van der Waals surface area contributed by atoms with E-state index < -0.39 is 16.0 Å². The predicted octanol–water partition coefficient (Wildman–Crippen LogP) is 1.29. The number of thiophene rings is 1. The lowest BCUT2D eigenvalue weighted by molar-refractivity contribution is 0.0697. The van der Waals surface area contributed by atoms with E-state index in [2.05, 4.69) is 4.72 Å². The number of aromatic carboxylic acids is 1. The van der Waals surface area contributed by atoms with Crippen molar-refractivity contribution in [2.75, 3.05) is 6.61 Å². The molecular weight excluding hydrogens is 290 g/mol. The van der Waals surface area contributed by atoms with E-state index in [4.69, 9.17) is 9.84 Å². The van der Waals surface area contributed by atoms with Gasteiger partial charge in [-0.15, -0.1) is 11.3 Å². The van der Waals surface area contributed by atoms with Gasteiger partial charge in [0, 0.05) is 18.0 Å². The maximum Gasteiger partial charge on any atom is 0.336 e. The summed E-state index contributed by atoms with van der Waals surface area (Å²) in [5.41, 5.74) is -0.0184. The first-order valence-corrected chi connectivity index (χ1v) is 8.22. The van der Waals surface area contributed by atoms with Gasteiger partial charge in [0.05, 0.1) is 11.7 Å². The van der Waals surface area contributed by atoms with E-state index in [1.165, 1.54) is 5.38 Å². The van der Waals surface area contributed by atoms with Crippen LogP contribution < -0.4 is 4.72 Å². The highest BCUT2D eigenvalue weighted by molar-refractivity contribution is 7.91. The van der Waals surface area contributed by atoms with Crippen LogP contribution in [0.15, 0.2) is 15.7 Å². The van der Waals surface area contributed by atoms with Crippen LogP contribution in [0.25, 0.3) is 0 Å². The first kappa shape index (κ1) is 14.4. The number of carbonyl (C=O) groups is 1. The highest BCUT2D eigenvalue weighted by atomic mass is 32.2. The normalized spacial score (nSPS) is 21.4. The molecule has 0 radical (unpaired) electrons. The molecule has 2 rings (SSSR count). The first-order valence-electron chi connectivity index (χ1n) is 5.86. The zero-order valence-corrected chi connectivity index (χ0v) is 12.0. The Morgan fingerprint density at radius 1 is 1.63 bits per heavy atom. The number of sulfonamides is 1. The number of carboxylic acid groups (broad SMARTS) is 1. The Morgan fingerprint density at radius 2 is 2.37 bits per heavy atom. The van der Waals surface area contributed by atoms with Crippen LogP contribution in [0.2, 0.25) is 0 Å². The minimum Gasteiger partial charge on any atom is -0.478 e. The van der Waals surface area contributed by atoms with Crippen molar-refractivity contribution < 1.29 is 23.1 Å². The summed E-state index contributed by atoms with van der Waals surface area (Å²) in [6.45, 7) is 2.40. The number of carboxylic acids is 1. The molecule has 0 bridgehead atoms. The Kier molecular flexibility index (Phi) is 4.24. The fourth-order valence-corrected chi connectivity index (χ4v) is 4.39. The monoisotopic (exact) mass is 305 g/mol. The quantitative estimate of drug-likeness (QED) is 0.855. The van der Waals surface area contributed by atoms with Gasteiger partial charge in [0.15, 0.2) is 0 Å². The van der Waals surface area contributed by atoms with Crippen LogP contribution in [0.1, 0.15) is 30.1 Å². The van der Waals surface area contributed by atoms with Gasteiger partial charge in [-0.2, -0.15) is 0 Å². The molecule has 1 aromatic rings. The smallest absolute Gasteiger partial charge is 0.336 e. The molecule has 19 heavy (non-hydrogen) atoms. The van der Waals surface area contributed by atoms with Gasteiger partial charge < -0.3 is 9.84 Å². The molecule has 1 aliphatic rings. The van der Waals surface area contributed by atoms with Crippen LogP contribution >= 0.6 is 11.3 Å². The SMILES string of the molecule is CC(NS(=O)(=O)c1cc(C(=O)O)cs1)C1CCCO1. The van der Waals surface area contributed by atoms with Crippen LogP contribution in [0, 0.1) is 0 Å². The molecule has 0 aliphatic carbocycles. The summed E-state index contributed by atoms with van der Waals surface area (Å²) >= 11 is 0.897. The molecule has 1 fully saturated rings. The van der Waals surface area contributed by atoms with E-state index >= 15 is 0 Å². The Morgan fingerprint density at radius 3 is 2.89 bits per heavy atom. The molecule has 2 unspecified atom stereocenters. The fourth-order valence-electron chi connectivity index (χ4n) is 1.95. The summed E-state index contributed by atoms with van der Waals surface area (Å²) in [7, 11) is -3.68. The second-order valence-electron chi connectivity index (χ2n) is 4.42. The summed E-state index contributed by atoms with van der Waals surface area (Å²) in [5.74, 6) is -1.13. The minimum absolute atomic E-state index is 0.00902. The number of ether oxygens (including phenoxy) is 1. The lowest BCUT2D eigenvalue weighted by atomic mass is 10.1. The van der Waals surface area contributed by atoms with Crippen molar-refractivity contribution in [3.8, 4) is 0 Å². The topological polar surface area (TPSA) is 92.7 Å². The van der Waals surface area contributed by atoms with Crippen molar-refractivity contribution in [2.45, 2.75) is 36.1 Å². The molecule has 106 valence electrons. The zero-order chi connectivity index (χ0) is 14.0. The third kappa shape index (κ3) is 3.33. The molecule has 1 saturated heterocycles. The standard InChI is InChI=1S/C11H15NO5S2/c1-7(9-3-2-4-17-9)12-19(15,16)10-5-8(6-18-10)11(13)14/h5-7,9,12H,2-4H2,1H3,(H,13,14). The maximum absolute atomic E-state index is 12.1. The van der Waals surface area contributed by atoms with Crippen LogP contribution in [-0.2, 0) is 14.8 Å². The van der Waals surface area contributed by atoms with Gasteiger partial charge >= 0.3 is 5.97 Å². The van der Waals surface area contributed by atoms with Crippen molar-refractivity contribution in [3.05, 3.63) is 17.0 Å². The molecule has 8 heteroatoms. The van der Waals surface area contributed by atoms with Crippen molar-refractivity contribution >= 4 is 27.3 Å². The van der Waals surface area contributed by atoms with Gasteiger partial charge in [-0.3, -0.25) is 0 Å². The number of rotatable bonds is 5. The number of nitrogens with one attached hydrogen (secondary N) is 1. The lowest BCUT2D eigenvalue weighted by Crippen LogP contribution is -2.40. The first-order chi connectivity index (χ1) is 8.90. The van der Waals surface area contributed by atoms with Crippen molar-refractivity contribution in [1.82, 2.24) is 4.72 Å². The molecule has 6 nitrogen and oxygen atoms in total. The zero-order valence-electron chi connectivity index (χ0n) is 10.3. The number of hydrogen-bond donors (Lipinski definition) is 2. The van der Waals surface area contributed by atoms with Gasteiger partial charge in [-0.05, 0) is 25.8 Å². The maximum atomic E-state index is 12.1. The van der Waals surface area contributed by atoms with Gasteiger partial charge in [0.2, 0.25) is 10.0 Å². The average molecular weight is 305 g/mol. The van der Waals surface area contributed by atoms with Crippen LogP contribution in [0.5, 0.6) is 0 Å². The lowest BCUT2D eigenvalue weighted by Gasteiger charge is -2.19. The van der Waals surface area contributed by atoms with Crippen LogP contribution in [0.3, 0.4) is 0 Å². The van der Waals surface area contributed by atoms with E-state index in [0.717, 1.165) is 30.2 Å². The van der Waals surface area contributed by atoms with E-state index in [0.29, 0.717) is 6.61 Å². The molecule has 0 spiro atoms. The van der Waals surface area contributed by atoms with E-state index in [-0.39, 0.29) is 21.9 Å². The molecule has 2 heterocycles. The minimum atomic E-state index is -3.68. The van der Waals surface area contributed by atoms with Crippen molar-refractivity contribution in [3.63, 3.8) is 0 Å². The van der Waals surface area contributed by atoms with E-state index in [1.807, 2.05) is 0 Å². The van der Waals surface area contributed by atoms with Crippen molar-refractivity contribution in [1.29, 1.82) is 0 Å². The Bertz CT molecular complexity index is 559.